The fourth-order valence-corrected chi connectivity index (χ4v) is 8.72. The summed E-state index contributed by atoms with van der Waals surface area (Å²) in [5, 5.41) is 95.0. The fraction of sp³-hybridized carbons (Fsp3) is 0.821. The molecule has 0 spiro atoms. The summed E-state index contributed by atoms with van der Waals surface area (Å²) in [7, 11) is 0. The van der Waals surface area contributed by atoms with Crippen LogP contribution in [0.4, 0.5) is 0 Å². The number of carbonyl (C=O) groups is 2. The number of aliphatic hydroxyl groups excluding tert-OH is 1. The number of hydrogen-bond acceptors (Lipinski definition) is 11. The van der Waals surface area contributed by atoms with Gasteiger partial charge in [0, 0.05) is 0 Å². The highest BCUT2D eigenvalue weighted by molar-refractivity contribution is 5.73. The van der Waals surface area contributed by atoms with Gasteiger partial charge < -0.3 is 50.7 Å². The van der Waals surface area contributed by atoms with Crippen LogP contribution in [-0.4, -0.2) is 110 Å². The van der Waals surface area contributed by atoms with Crippen LogP contribution in [0.1, 0.15) is 244 Å². The van der Waals surface area contributed by atoms with Crippen molar-refractivity contribution in [2.75, 3.05) is 6.61 Å². The van der Waals surface area contributed by atoms with E-state index < -0.39 is 76.7 Å². The topological polar surface area (TPSA) is 225 Å². The van der Waals surface area contributed by atoms with Crippen LogP contribution >= 0.6 is 0 Å². The van der Waals surface area contributed by atoms with Gasteiger partial charge >= 0.3 is 11.9 Å². The third kappa shape index (κ3) is 35.6. The molecule has 0 radical (unpaired) electrons. The minimum absolute atomic E-state index is 0.246. The molecule has 12 heteroatoms. The van der Waals surface area contributed by atoms with Crippen molar-refractivity contribution in [2.24, 2.45) is 0 Å². The molecule has 0 aliphatic heterocycles. The zero-order valence-electron chi connectivity index (χ0n) is 45.0. The first-order valence-electron chi connectivity index (χ1n) is 25.8. The third-order valence-electron chi connectivity index (χ3n) is 13.6. The van der Waals surface area contributed by atoms with Gasteiger partial charge in [0.2, 0.25) is 0 Å². The Morgan fingerprint density at radius 3 is 1.16 bits per heavy atom. The van der Waals surface area contributed by atoms with E-state index in [-0.39, 0.29) is 6.42 Å². The van der Waals surface area contributed by atoms with Crippen molar-refractivity contribution in [3.05, 3.63) is 46.6 Å². The zero-order valence-corrected chi connectivity index (χ0v) is 45.0. The van der Waals surface area contributed by atoms with Gasteiger partial charge in [0.15, 0.2) is 0 Å². The minimum Gasteiger partial charge on any atom is -0.481 e. The van der Waals surface area contributed by atoms with Crippen LogP contribution in [-0.2, 0) is 14.3 Å². The monoisotopic (exact) mass is 967 g/mol. The maximum absolute atomic E-state index is 12.0. The number of aliphatic carboxylic acids is 1. The molecule has 5 unspecified atom stereocenters. The van der Waals surface area contributed by atoms with Crippen molar-refractivity contribution in [3.8, 4) is 0 Å². The van der Waals surface area contributed by atoms with Crippen LogP contribution < -0.4 is 0 Å². The number of carboxylic acids is 1. The quantitative estimate of drug-likeness (QED) is 0.0207. The van der Waals surface area contributed by atoms with Crippen LogP contribution in [0.25, 0.3) is 0 Å². The van der Waals surface area contributed by atoms with Gasteiger partial charge in [-0.05, 0) is 231 Å². The van der Waals surface area contributed by atoms with Gasteiger partial charge in [-0.25, -0.2) is 0 Å². The molecule has 0 heterocycles. The van der Waals surface area contributed by atoms with Gasteiger partial charge in [-0.3, -0.25) is 9.59 Å². The normalized spacial score (nSPS) is 19.6. The molecule has 0 saturated carbocycles. The van der Waals surface area contributed by atoms with E-state index in [4.69, 9.17) is 9.84 Å². The summed E-state index contributed by atoms with van der Waals surface area (Å²) < 4.78 is 4.99. The molecule has 0 aromatic heterocycles. The number of ether oxygens (including phenoxy) is 1. The molecule has 0 aliphatic carbocycles. The van der Waals surface area contributed by atoms with E-state index in [0.29, 0.717) is 89.9 Å². The second-order valence-corrected chi connectivity index (χ2v) is 23.1. The molecule has 0 amide bonds. The molecule has 0 aromatic rings. The Morgan fingerprint density at radius 1 is 0.441 bits per heavy atom. The Bertz CT molecular complexity index is 1570. The maximum atomic E-state index is 12.0. The number of rotatable bonds is 39. The van der Waals surface area contributed by atoms with Crippen LogP contribution in [0.5, 0.6) is 0 Å². The molecule has 0 aliphatic rings. The lowest BCUT2D eigenvalue weighted by Gasteiger charge is -2.30. The van der Waals surface area contributed by atoms with E-state index in [9.17, 15) is 50.4 Å². The standard InChI is InChI=1S/C56H102O12/c1-43(2)22-15-29-50(6,61)31-18-33-52(8,63)35-20-37-54(10,65)38-21-36-53(9,64)34-19-32-51(7,62)30-16-27-45(4)25-13-23-44(3)24-14-26-46(5)28-17-39-56(12,67)47(57)42-68-49(60)41-55(11,66)40-48(58)59/h22,24-25,28,47,57,61-67H,13-21,23,26-27,29-42H2,1-12H3,(H,58,59)/b44-24+,45-25+,46-28+/t47-,50?,51?,52?,53?,54?,55+,56+/m1/s1. The molecule has 8 atom stereocenters. The number of allylic oxidation sites excluding steroid dienone is 8. The summed E-state index contributed by atoms with van der Waals surface area (Å²) in [6.45, 7) is 21.9. The third-order valence-corrected chi connectivity index (χ3v) is 13.6. The Morgan fingerprint density at radius 2 is 0.779 bits per heavy atom. The molecule has 0 fully saturated rings. The van der Waals surface area contributed by atoms with Crippen molar-refractivity contribution in [1.82, 2.24) is 0 Å². The highest BCUT2D eigenvalue weighted by Crippen LogP contribution is 2.31. The Labute approximate surface area is 413 Å². The number of aliphatic hydroxyl groups is 8. The summed E-state index contributed by atoms with van der Waals surface area (Å²) in [4.78, 5) is 22.9. The Balaban J connectivity index is 4.45. The van der Waals surface area contributed by atoms with E-state index in [1.54, 1.807) is 0 Å². The van der Waals surface area contributed by atoms with Crippen molar-refractivity contribution >= 4 is 11.9 Å². The van der Waals surface area contributed by atoms with E-state index >= 15 is 0 Å². The largest absolute Gasteiger partial charge is 0.481 e. The molecule has 0 rings (SSSR count). The highest BCUT2D eigenvalue weighted by atomic mass is 16.5. The van der Waals surface area contributed by atoms with Gasteiger partial charge in [-0.2, -0.15) is 0 Å². The van der Waals surface area contributed by atoms with Crippen molar-refractivity contribution in [2.45, 2.75) is 289 Å². The Kier molecular flexibility index (Phi) is 30.0. The van der Waals surface area contributed by atoms with Crippen LogP contribution in [0.3, 0.4) is 0 Å². The lowest BCUT2D eigenvalue weighted by atomic mass is 9.84. The van der Waals surface area contributed by atoms with Gasteiger partial charge in [0.25, 0.3) is 0 Å². The van der Waals surface area contributed by atoms with Crippen LogP contribution in [0.15, 0.2) is 46.6 Å². The zero-order chi connectivity index (χ0) is 52.5. The summed E-state index contributed by atoms with van der Waals surface area (Å²) in [6, 6.07) is 0. The number of hydrogen-bond donors (Lipinski definition) is 9. The fourth-order valence-electron chi connectivity index (χ4n) is 8.72. The number of esters is 1. The smallest absolute Gasteiger partial charge is 0.308 e. The molecule has 0 bridgehead atoms. The highest BCUT2D eigenvalue weighted by Gasteiger charge is 2.33. The first kappa shape index (κ1) is 65.6. The van der Waals surface area contributed by atoms with E-state index in [0.717, 1.165) is 51.4 Å². The molecule has 0 aromatic carbocycles. The SMILES string of the molecule is CC(C)=CCCC(C)(O)CCCC(C)(O)CCCC(C)(O)CCCC(C)(O)CCCC(C)(O)CCC/C(C)=C/CC/C(C)=C/CC/C(C)=C/CC[C@](C)(O)[C@H](O)COC(=O)C[C@@](C)(O)CC(=O)O. The predicted molar refractivity (Wildman–Crippen MR) is 275 cm³/mol. The molecule has 398 valence electrons. The first-order valence-corrected chi connectivity index (χ1v) is 25.8. The summed E-state index contributed by atoms with van der Waals surface area (Å²) in [5.74, 6) is -2.11. The van der Waals surface area contributed by atoms with Gasteiger partial charge in [-0.15, -0.1) is 0 Å². The van der Waals surface area contributed by atoms with Crippen molar-refractivity contribution < 1.29 is 60.3 Å². The van der Waals surface area contributed by atoms with E-state index in [2.05, 4.69) is 45.9 Å². The summed E-state index contributed by atoms with van der Waals surface area (Å²) >= 11 is 0. The minimum atomic E-state index is -1.77. The second-order valence-electron chi connectivity index (χ2n) is 23.1. The van der Waals surface area contributed by atoms with Crippen LogP contribution in [0, 0.1) is 0 Å². The van der Waals surface area contributed by atoms with Gasteiger partial charge in [0.1, 0.15) is 12.7 Å². The summed E-state index contributed by atoms with van der Waals surface area (Å²) in [5.41, 5.74) is -2.37. The van der Waals surface area contributed by atoms with E-state index in [1.165, 1.54) is 36.1 Å². The lowest BCUT2D eigenvalue weighted by molar-refractivity contribution is -0.159. The first-order chi connectivity index (χ1) is 31.1. The Hall–Kier alpha value is -2.42. The van der Waals surface area contributed by atoms with Gasteiger partial charge in [0.05, 0.1) is 52.0 Å². The number of carbonyl (C=O) groups excluding carboxylic acids is 1. The molecular formula is C56H102O12. The molecule has 9 N–H and O–H groups in total. The second kappa shape index (κ2) is 31.1. The molecule has 0 saturated heterocycles. The number of carboxylic acid groups (broad SMARTS) is 1. The maximum Gasteiger partial charge on any atom is 0.308 e. The lowest BCUT2D eigenvalue weighted by Crippen LogP contribution is -2.43. The van der Waals surface area contributed by atoms with Crippen molar-refractivity contribution in [1.29, 1.82) is 0 Å². The molecule has 68 heavy (non-hydrogen) atoms. The van der Waals surface area contributed by atoms with Crippen molar-refractivity contribution in [3.63, 3.8) is 0 Å². The molecular weight excluding hydrogens is 865 g/mol. The predicted octanol–water partition coefficient (Wildman–Crippen LogP) is 10.8. The summed E-state index contributed by atoms with van der Waals surface area (Å²) in [6.07, 6.45) is 22.3. The van der Waals surface area contributed by atoms with Gasteiger partial charge in [-0.1, -0.05) is 46.6 Å². The van der Waals surface area contributed by atoms with Crippen LogP contribution in [0.2, 0.25) is 0 Å². The molecule has 12 nitrogen and oxygen atoms in total. The van der Waals surface area contributed by atoms with E-state index in [1.807, 2.05) is 47.6 Å². The average Bonchev–Trinajstić information content (AvgIpc) is 3.15. The average molecular weight is 967 g/mol.